The lowest BCUT2D eigenvalue weighted by atomic mass is 9.89. The van der Waals surface area contributed by atoms with Crippen LogP contribution in [0.2, 0.25) is 5.02 Å². The Balaban J connectivity index is 1.46. The number of fused-ring (bicyclic) bond motifs is 2. The fraction of sp³-hybridized carbons (Fsp3) is 0.231. The fourth-order valence-electron chi connectivity index (χ4n) is 4.46. The van der Waals surface area contributed by atoms with E-state index in [-0.39, 0.29) is 12.5 Å². The summed E-state index contributed by atoms with van der Waals surface area (Å²) in [6.45, 7) is 1.46. The number of aromatic nitrogens is 2. The Morgan fingerprint density at radius 2 is 2.03 bits per heavy atom. The van der Waals surface area contributed by atoms with Gasteiger partial charge in [-0.25, -0.2) is 4.99 Å². The van der Waals surface area contributed by atoms with Crippen LogP contribution in [0, 0.1) is 16.7 Å². The second kappa shape index (κ2) is 10.5. The Bertz CT molecular complexity index is 1330. The van der Waals surface area contributed by atoms with Gasteiger partial charge in [0.1, 0.15) is 0 Å². The highest BCUT2D eigenvalue weighted by atomic mass is 35.5. The number of aliphatic imine (C=N–C) groups is 1. The molecule has 35 heavy (non-hydrogen) atoms. The number of likely N-dealkylation sites (tertiary alicyclic amines) is 1. The average Bonchev–Trinajstić information content (AvgIpc) is 3.06. The van der Waals surface area contributed by atoms with Gasteiger partial charge in [0, 0.05) is 52.9 Å². The van der Waals surface area contributed by atoms with Gasteiger partial charge in [-0.3, -0.25) is 9.97 Å². The molecular weight excluding hydrogens is 480 g/mol. The summed E-state index contributed by atoms with van der Waals surface area (Å²) in [5.41, 5.74) is 6.68. The molecule has 0 atom stereocenters. The number of piperidine rings is 1. The fourth-order valence-corrected chi connectivity index (χ4v) is 5.78. The zero-order chi connectivity index (χ0) is 24.2. The lowest BCUT2D eigenvalue weighted by Gasteiger charge is -2.37. The number of nitrogens with zero attached hydrogens (tertiary/aromatic N) is 6. The van der Waals surface area contributed by atoms with E-state index < -0.39 is 0 Å². The molecule has 0 saturated carbocycles. The summed E-state index contributed by atoms with van der Waals surface area (Å²) < 4.78 is 0. The molecule has 0 spiro atoms. The first kappa shape index (κ1) is 23.4. The van der Waals surface area contributed by atoms with Gasteiger partial charge in [0.2, 0.25) is 0 Å². The van der Waals surface area contributed by atoms with Crippen LogP contribution in [0.4, 0.5) is 0 Å². The second-order valence-corrected chi connectivity index (χ2v) is 9.73. The van der Waals surface area contributed by atoms with Crippen molar-refractivity contribution in [3.8, 4) is 6.19 Å². The third-order valence-corrected chi connectivity index (χ3v) is 7.47. The predicted octanol–water partition coefficient (Wildman–Crippen LogP) is 5.47. The van der Waals surface area contributed by atoms with Crippen LogP contribution in [-0.2, 0) is 12.3 Å². The van der Waals surface area contributed by atoms with Gasteiger partial charge in [0.25, 0.3) is 0 Å². The molecule has 0 unspecified atom stereocenters. The molecule has 3 aromatic rings. The molecule has 4 heterocycles. The lowest BCUT2D eigenvalue weighted by Crippen LogP contribution is -2.43. The third kappa shape index (κ3) is 5.03. The Labute approximate surface area is 213 Å². The van der Waals surface area contributed by atoms with E-state index in [1.807, 2.05) is 41.4 Å². The van der Waals surface area contributed by atoms with E-state index in [1.54, 1.807) is 30.3 Å². The van der Waals surface area contributed by atoms with E-state index in [0.717, 1.165) is 50.9 Å². The SMILES string of the molecule is N#CN([O-])C(=NCc1cccnc1)N1CCC(=C2c3ccc(Cl)cc3SCc3cccnc32)CC1. The number of pyridine rings is 2. The summed E-state index contributed by atoms with van der Waals surface area (Å²) in [7, 11) is 0. The molecule has 2 aliphatic rings. The number of guanidine groups is 1. The van der Waals surface area contributed by atoms with Gasteiger partial charge in [-0.1, -0.05) is 35.4 Å². The summed E-state index contributed by atoms with van der Waals surface area (Å²) in [5, 5.41) is 22.6. The number of rotatable bonds is 2. The number of hydrogen-bond donors (Lipinski definition) is 0. The average molecular weight is 502 g/mol. The summed E-state index contributed by atoms with van der Waals surface area (Å²) in [4.78, 5) is 16.4. The van der Waals surface area contributed by atoms with Crippen molar-refractivity contribution in [3.05, 3.63) is 99.2 Å². The maximum absolute atomic E-state index is 12.4. The molecule has 9 heteroatoms. The largest absolute Gasteiger partial charge is 0.743 e. The Morgan fingerprint density at radius 1 is 1.20 bits per heavy atom. The van der Waals surface area contributed by atoms with Crippen LogP contribution in [0.3, 0.4) is 0 Å². The quantitative estimate of drug-likeness (QED) is 0.151. The minimum absolute atomic E-state index is 0.141. The van der Waals surface area contributed by atoms with Gasteiger partial charge < -0.3 is 15.2 Å². The molecule has 176 valence electrons. The van der Waals surface area contributed by atoms with Crippen LogP contribution >= 0.6 is 23.4 Å². The number of thioether (sulfide) groups is 1. The first-order valence-electron chi connectivity index (χ1n) is 11.3. The molecule has 1 fully saturated rings. The van der Waals surface area contributed by atoms with Crippen molar-refractivity contribution < 1.29 is 0 Å². The van der Waals surface area contributed by atoms with Crippen LogP contribution in [0.15, 0.2) is 76.5 Å². The first-order chi connectivity index (χ1) is 17.1. The summed E-state index contributed by atoms with van der Waals surface area (Å²) >= 11 is 8.09. The van der Waals surface area contributed by atoms with Crippen molar-refractivity contribution in [2.45, 2.75) is 30.0 Å². The highest BCUT2D eigenvalue weighted by Crippen LogP contribution is 2.43. The van der Waals surface area contributed by atoms with E-state index in [0.29, 0.717) is 18.2 Å². The van der Waals surface area contributed by atoms with Gasteiger partial charge in [-0.2, -0.15) is 5.26 Å². The molecule has 0 N–H and O–H groups in total. The number of hydroxylamine groups is 2. The minimum Gasteiger partial charge on any atom is -0.743 e. The second-order valence-electron chi connectivity index (χ2n) is 8.28. The zero-order valence-electron chi connectivity index (χ0n) is 18.9. The third-order valence-electron chi connectivity index (χ3n) is 6.13. The summed E-state index contributed by atoms with van der Waals surface area (Å²) in [6, 6.07) is 13.9. The standard InChI is InChI=1S/C26H22ClN6OS/c27-21-5-6-22-23(13-21)35-16-20-4-2-10-30-25(20)24(22)19-7-11-32(12-8-19)26(33(34)17-28)31-15-18-3-1-9-29-14-18/h1-6,9-10,13-14H,7-8,11-12,15-16H2/q-1. The minimum atomic E-state index is 0.141. The van der Waals surface area contributed by atoms with Gasteiger partial charge >= 0.3 is 0 Å². The van der Waals surface area contributed by atoms with Gasteiger partial charge in [0.05, 0.1) is 12.2 Å². The van der Waals surface area contributed by atoms with Crippen LogP contribution in [-0.4, -0.2) is 39.0 Å². The molecule has 2 aromatic heterocycles. The van der Waals surface area contributed by atoms with Gasteiger partial charge in [-0.15, -0.1) is 11.8 Å². The molecule has 7 nitrogen and oxygen atoms in total. The summed E-state index contributed by atoms with van der Waals surface area (Å²) in [6.07, 6.45) is 8.38. The molecule has 0 bridgehead atoms. The van der Waals surface area contributed by atoms with E-state index in [1.165, 1.54) is 11.1 Å². The Morgan fingerprint density at radius 3 is 2.80 bits per heavy atom. The maximum atomic E-state index is 12.4. The maximum Gasteiger partial charge on any atom is 0.199 e. The van der Waals surface area contributed by atoms with E-state index in [9.17, 15) is 10.5 Å². The lowest BCUT2D eigenvalue weighted by molar-refractivity contribution is 0.358. The van der Waals surface area contributed by atoms with E-state index in [4.69, 9.17) is 16.6 Å². The topological polar surface area (TPSA) is 91.5 Å². The van der Waals surface area contributed by atoms with E-state index in [2.05, 4.69) is 22.1 Å². The van der Waals surface area contributed by atoms with Crippen LogP contribution in [0.1, 0.15) is 35.2 Å². The van der Waals surface area contributed by atoms with Crippen molar-refractivity contribution >= 4 is 34.9 Å². The predicted molar refractivity (Wildman–Crippen MR) is 138 cm³/mol. The van der Waals surface area contributed by atoms with Crippen LogP contribution in [0.5, 0.6) is 0 Å². The normalized spacial score (nSPS) is 15.7. The first-order valence-corrected chi connectivity index (χ1v) is 12.6. The molecular formula is C26H22ClN6OS-. The number of hydrogen-bond acceptors (Lipinski definition) is 6. The monoisotopic (exact) mass is 501 g/mol. The van der Waals surface area contributed by atoms with E-state index >= 15 is 0 Å². The van der Waals surface area contributed by atoms with Gasteiger partial charge in [-0.05, 0) is 53.8 Å². The molecule has 0 aliphatic carbocycles. The molecule has 5 rings (SSSR count). The van der Waals surface area contributed by atoms with Crippen LogP contribution in [0.25, 0.3) is 5.57 Å². The van der Waals surface area contributed by atoms with Crippen LogP contribution < -0.4 is 0 Å². The molecule has 2 aliphatic heterocycles. The molecule has 0 radical (unpaired) electrons. The Kier molecular flexibility index (Phi) is 7.00. The number of halogens is 1. The molecule has 0 amide bonds. The Hall–Kier alpha value is -3.38. The number of benzene rings is 1. The highest BCUT2D eigenvalue weighted by molar-refractivity contribution is 7.98. The van der Waals surface area contributed by atoms with Crippen molar-refractivity contribution in [1.29, 1.82) is 5.26 Å². The zero-order valence-corrected chi connectivity index (χ0v) is 20.5. The summed E-state index contributed by atoms with van der Waals surface area (Å²) in [5.74, 6) is 0.972. The van der Waals surface area contributed by atoms with Crippen molar-refractivity contribution in [1.82, 2.24) is 19.9 Å². The smallest absolute Gasteiger partial charge is 0.199 e. The highest BCUT2D eigenvalue weighted by Gasteiger charge is 2.26. The van der Waals surface area contributed by atoms with Crippen molar-refractivity contribution in [2.24, 2.45) is 4.99 Å². The van der Waals surface area contributed by atoms with Gasteiger partial charge in [0.15, 0.2) is 12.2 Å². The van der Waals surface area contributed by atoms with Crippen molar-refractivity contribution in [2.75, 3.05) is 13.1 Å². The molecule has 1 aromatic carbocycles. The number of nitriles is 1. The molecule has 1 saturated heterocycles. The van der Waals surface area contributed by atoms with Crippen molar-refractivity contribution in [3.63, 3.8) is 0 Å².